The first-order valence-corrected chi connectivity index (χ1v) is 6.11. The molecular weight excluding hydrogens is 240 g/mol. The van der Waals surface area contributed by atoms with Gasteiger partial charge in [-0.3, -0.25) is 4.79 Å². The smallest absolute Gasteiger partial charge is 0.313 e. The van der Waals surface area contributed by atoms with Crippen molar-refractivity contribution in [1.82, 2.24) is 0 Å². The van der Waals surface area contributed by atoms with Gasteiger partial charge in [0.1, 0.15) is 5.92 Å². The molecule has 0 radical (unpaired) electrons. The molecule has 0 bridgehead atoms. The normalized spacial score (nSPS) is 16.8. The second-order valence-electron chi connectivity index (χ2n) is 4.39. The topological polar surface area (TPSA) is 46.5 Å². The Morgan fingerprint density at radius 1 is 1.47 bits per heavy atom. The van der Waals surface area contributed by atoms with Gasteiger partial charge in [-0.15, -0.1) is 0 Å². The highest BCUT2D eigenvalue weighted by atomic mass is 35.5. The van der Waals surface area contributed by atoms with Gasteiger partial charge in [0.25, 0.3) is 0 Å². The van der Waals surface area contributed by atoms with Gasteiger partial charge in [0, 0.05) is 11.6 Å². The van der Waals surface area contributed by atoms with E-state index in [4.69, 9.17) is 16.3 Å². The van der Waals surface area contributed by atoms with Crippen LogP contribution in [-0.2, 0) is 9.53 Å². The van der Waals surface area contributed by atoms with E-state index in [0.29, 0.717) is 23.1 Å². The summed E-state index contributed by atoms with van der Waals surface area (Å²) < 4.78 is 5.45. The predicted octanol–water partition coefficient (Wildman–Crippen LogP) is 2.93. The molecule has 0 aliphatic heterocycles. The summed E-state index contributed by atoms with van der Waals surface area (Å²) >= 11 is 6.00. The lowest BCUT2D eigenvalue weighted by atomic mass is 10.0. The van der Waals surface area contributed by atoms with Crippen LogP contribution in [0.15, 0.2) is 24.3 Å². The summed E-state index contributed by atoms with van der Waals surface area (Å²) in [6.07, 6.45) is 2.40. The van der Waals surface area contributed by atoms with Crippen LogP contribution in [0.1, 0.15) is 24.3 Å². The summed E-state index contributed by atoms with van der Waals surface area (Å²) in [5.41, 5.74) is 0.623. The third-order valence-corrected chi connectivity index (χ3v) is 3.26. The Kier molecular flexibility index (Phi) is 4.02. The maximum absolute atomic E-state index is 11.2. The summed E-state index contributed by atoms with van der Waals surface area (Å²) in [5, 5.41) is 9.67. The van der Waals surface area contributed by atoms with E-state index < -0.39 is 11.9 Å². The summed E-state index contributed by atoms with van der Waals surface area (Å²) in [6, 6.07) is 7.02. The molecular formula is C13H15ClO3. The highest BCUT2D eigenvalue weighted by Crippen LogP contribution is 2.30. The standard InChI is InChI=1S/C13H15ClO3/c14-12-4-2-1-3-10(12)11(13(15)16)8-17-7-9-5-6-9/h1-4,9,11H,5-8H2,(H,15,16). The van der Waals surface area contributed by atoms with Gasteiger partial charge < -0.3 is 9.84 Å². The van der Waals surface area contributed by atoms with Gasteiger partial charge >= 0.3 is 5.97 Å². The van der Waals surface area contributed by atoms with Crippen LogP contribution in [0.2, 0.25) is 5.02 Å². The van der Waals surface area contributed by atoms with Crippen molar-refractivity contribution in [1.29, 1.82) is 0 Å². The average molecular weight is 255 g/mol. The maximum Gasteiger partial charge on any atom is 0.313 e. The Labute approximate surface area is 105 Å². The third-order valence-electron chi connectivity index (χ3n) is 2.91. The van der Waals surface area contributed by atoms with Crippen LogP contribution in [-0.4, -0.2) is 24.3 Å². The zero-order valence-corrected chi connectivity index (χ0v) is 10.2. The fourth-order valence-corrected chi connectivity index (χ4v) is 1.96. The Morgan fingerprint density at radius 3 is 2.76 bits per heavy atom. The quantitative estimate of drug-likeness (QED) is 0.849. The number of halogens is 1. The number of ether oxygens (including phenoxy) is 1. The van der Waals surface area contributed by atoms with Crippen molar-refractivity contribution in [3.63, 3.8) is 0 Å². The first-order valence-electron chi connectivity index (χ1n) is 5.73. The van der Waals surface area contributed by atoms with Crippen LogP contribution in [0, 0.1) is 5.92 Å². The number of carboxylic acids is 1. The first kappa shape index (κ1) is 12.4. The Morgan fingerprint density at radius 2 is 2.18 bits per heavy atom. The SMILES string of the molecule is O=C(O)C(COCC1CC1)c1ccccc1Cl. The number of rotatable bonds is 6. The Hall–Kier alpha value is -1.06. The molecule has 1 aliphatic carbocycles. The fourth-order valence-electron chi connectivity index (χ4n) is 1.69. The summed E-state index contributed by atoms with van der Waals surface area (Å²) in [7, 11) is 0. The molecule has 0 amide bonds. The number of benzene rings is 1. The van der Waals surface area contributed by atoms with Gasteiger partial charge in [-0.1, -0.05) is 29.8 Å². The van der Waals surface area contributed by atoms with Crippen LogP contribution in [0.25, 0.3) is 0 Å². The van der Waals surface area contributed by atoms with Gasteiger partial charge in [-0.05, 0) is 30.4 Å². The highest BCUT2D eigenvalue weighted by Gasteiger charge is 2.25. The van der Waals surface area contributed by atoms with E-state index in [2.05, 4.69) is 0 Å². The van der Waals surface area contributed by atoms with Gasteiger partial charge in [-0.25, -0.2) is 0 Å². The lowest BCUT2D eigenvalue weighted by Gasteiger charge is -2.14. The number of hydrogen-bond donors (Lipinski definition) is 1. The minimum Gasteiger partial charge on any atom is -0.481 e. The first-order chi connectivity index (χ1) is 8.18. The van der Waals surface area contributed by atoms with Crippen LogP contribution >= 0.6 is 11.6 Å². The van der Waals surface area contributed by atoms with E-state index in [0.717, 1.165) is 0 Å². The monoisotopic (exact) mass is 254 g/mol. The molecule has 1 unspecified atom stereocenters. The van der Waals surface area contributed by atoms with E-state index in [1.807, 2.05) is 0 Å². The molecule has 1 aliphatic rings. The highest BCUT2D eigenvalue weighted by molar-refractivity contribution is 6.31. The van der Waals surface area contributed by atoms with Gasteiger partial charge in [0.15, 0.2) is 0 Å². The van der Waals surface area contributed by atoms with Gasteiger partial charge in [0.05, 0.1) is 6.61 Å². The van der Waals surface area contributed by atoms with E-state index in [9.17, 15) is 9.90 Å². The number of hydrogen-bond acceptors (Lipinski definition) is 2. The summed E-state index contributed by atoms with van der Waals surface area (Å²) in [6.45, 7) is 0.851. The molecule has 2 rings (SSSR count). The summed E-state index contributed by atoms with van der Waals surface area (Å²) in [5.74, 6) is -0.938. The van der Waals surface area contributed by atoms with Crippen molar-refractivity contribution < 1.29 is 14.6 Å². The minimum absolute atomic E-state index is 0.190. The van der Waals surface area contributed by atoms with Crippen molar-refractivity contribution in [3.05, 3.63) is 34.9 Å². The van der Waals surface area contributed by atoms with E-state index >= 15 is 0 Å². The molecule has 92 valence electrons. The van der Waals surface area contributed by atoms with Gasteiger partial charge in [-0.2, -0.15) is 0 Å². The molecule has 1 N–H and O–H groups in total. The van der Waals surface area contributed by atoms with E-state index in [-0.39, 0.29) is 6.61 Å². The van der Waals surface area contributed by atoms with E-state index in [1.165, 1.54) is 12.8 Å². The number of carbonyl (C=O) groups is 1. The van der Waals surface area contributed by atoms with Crippen molar-refractivity contribution in [2.24, 2.45) is 5.92 Å². The average Bonchev–Trinajstić information content (AvgIpc) is 3.09. The molecule has 1 aromatic rings. The van der Waals surface area contributed by atoms with Crippen LogP contribution < -0.4 is 0 Å². The third kappa shape index (κ3) is 3.45. The molecule has 1 atom stereocenters. The van der Waals surface area contributed by atoms with Crippen molar-refractivity contribution in [3.8, 4) is 0 Å². The Balaban J connectivity index is 2.00. The lowest BCUT2D eigenvalue weighted by molar-refractivity contribution is -0.140. The molecule has 1 saturated carbocycles. The van der Waals surface area contributed by atoms with E-state index in [1.54, 1.807) is 24.3 Å². The molecule has 17 heavy (non-hydrogen) atoms. The number of carboxylic acid groups (broad SMARTS) is 1. The van der Waals surface area contributed by atoms with Crippen LogP contribution in [0.5, 0.6) is 0 Å². The van der Waals surface area contributed by atoms with Crippen molar-refractivity contribution in [2.75, 3.05) is 13.2 Å². The van der Waals surface area contributed by atoms with Crippen LogP contribution in [0.4, 0.5) is 0 Å². The molecule has 0 spiro atoms. The molecule has 1 fully saturated rings. The Bertz CT molecular complexity index is 401. The maximum atomic E-state index is 11.2. The summed E-state index contributed by atoms with van der Waals surface area (Å²) in [4.78, 5) is 11.2. The van der Waals surface area contributed by atoms with Crippen molar-refractivity contribution >= 4 is 17.6 Å². The van der Waals surface area contributed by atoms with Gasteiger partial charge in [0.2, 0.25) is 0 Å². The largest absolute Gasteiger partial charge is 0.481 e. The fraction of sp³-hybridized carbons (Fsp3) is 0.462. The number of aliphatic carboxylic acids is 1. The molecule has 0 saturated heterocycles. The zero-order chi connectivity index (χ0) is 12.3. The molecule has 1 aromatic carbocycles. The minimum atomic E-state index is -0.895. The lowest BCUT2D eigenvalue weighted by Crippen LogP contribution is -2.18. The molecule has 3 nitrogen and oxygen atoms in total. The second-order valence-corrected chi connectivity index (χ2v) is 4.80. The molecule has 4 heteroatoms. The van der Waals surface area contributed by atoms with Crippen LogP contribution in [0.3, 0.4) is 0 Å². The zero-order valence-electron chi connectivity index (χ0n) is 9.43. The second kappa shape index (κ2) is 5.52. The molecule has 0 aromatic heterocycles. The molecule has 0 heterocycles. The predicted molar refractivity (Wildman–Crippen MR) is 65.4 cm³/mol. The van der Waals surface area contributed by atoms with Crippen molar-refractivity contribution in [2.45, 2.75) is 18.8 Å².